The van der Waals surface area contributed by atoms with Gasteiger partial charge in [-0.1, -0.05) is 29.8 Å². The topological polar surface area (TPSA) is 71.3 Å². The molecule has 1 N–H and O–H groups in total. The van der Waals surface area contributed by atoms with Crippen LogP contribution in [-0.2, 0) is 4.79 Å². The smallest absolute Gasteiger partial charge is 0.247 e. The number of nitrogens with zero attached hydrogens (tertiary/aromatic N) is 3. The van der Waals surface area contributed by atoms with Gasteiger partial charge in [0.15, 0.2) is 0 Å². The quantitative estimate of drug-likeness (QED) is 0.655. The standard InChI is InChI=1S/C21H23ClN4O2/c1-13-7-5-10-18(14(13)2)23-19(27)12-26(4)15(3)20-24-25-21(28-20)16-8-6-9-17(22)11-16/h5-11,15H,12H2,1-4H3,(H,23,27)/t15-/m1/s1. The maximum Gasteiger partial charge on any atom is 0.247 e. The largest absolute Gasteiger partial charge is 0.419 e. The summed E-state index contributed by atoms with van der Waals surface area (Å²) in [5.74, 6) is 0.743. The molecule has 146 valence electrons. The van der Waals surface area contributed by atoms with Crippen LogP contribution in [0.1, 0.15) is 30.0 Å². The van der Waals surface area contributed by atoms with Crippen molar-refractivity contribution in [1.29, 1.82) is 0 Å². The molecule has 0 aliphatic heterocycles. The fraction of sp³-hybridized carbons (Fsp3) is 0.286. The number of hydrogen-bond donors (Lipinski definition) is 1. The van der Waals surface area contributed by atoms with Crippen molar-refractivity contribution in [2.24, 2.45) is 0 Å². The maximum atomic E-state index is 12.5. The number of aromatic nitrogens is 2. The lowest BCUT2D eigenvalue weighted by atomic mass is 10.1. The maximum absolute atomic E-state index is 12.5. The molecule has 0 spiro atoms. The Morgan fingerprint density at radius 1 is 1.21 bits per heavy atom. The molecule has 2 aromatic carbocycles. The van der Waals surface area contributed by atoms with Crippen LogP contribution in [0.3, 0.4) is 0 Å². The molecule has 6 nitrogen and oxygen atoms in total. The van der Waals surface area contributed by atoms with Crippen LogP contribution in [0.25, 0.3) is 11.5 Å². The summed E-state index contributed by atoms with van der Waals surface area (Å²) in [5, 5.41) is 11.8. The molecule has 0 aliphatic carbocycles. The van der Waals surface area contributed by atoms with Gasteiger partial charge in [-0.3, -0.25) is 9.69 Å². The Bertz CT molecular complexity index is 986. The van der Waals surface area contributed by atoms with Gasteiger partial charge in [0.05, 0.1) is 12.6 Å². The minimum Gasteiger partial charge on any atom is -0.419 e. The summed E-state index contributed by atoms with van der Waals surface area (Å²) in [7, 11) is 1.84. The molecule has 0 unspecified atom stereocenters. The van der Waals surface area contributed by atoms with Crippen molar-refractivity contribution in [3.05, 3.63) is 64.5 Å². The van der Waals surface area contributed by atoms with E-state index < -0.39 is 0 Å². The molecular weight excluding hydrogens is 376 g/mol. The van der Waals surface area contributed by atoms with Crippen molar-refractivity contribution >= 4 is 23.2 Å². The van der Waals surface area contributed by atoms with Gasteiger partial charge in [-0.2, -0.15) is 0 Å². The first kappa shape index (κ1) is 20.0. The van der Waals surface area contributed by atoms with E-state index in [1.165, 1.54) is 0 Å². The zero-order valence-electron chi connectivity index (χ0n) is 16.4. The molecule has 0 radical (unpaired) electrons. The van der Waals surface area contributed by atoms with E-state index in [9.17, 15) is 4.79 Å². The lowest BCUT2D eigenvalue weighted by molar-refractivity contribution is -0.117. The predicted molar refractivity (Wildman–Crippen MR) is 110 cm³/mol. The number of nitrogens with one attached hydrogen (secondary N) is 1. The molecule has 0 saturated heterocycles. The summed E-state index contributed by atoms with van der Waals surface area (Å²) in [5.41, 5.74) is 3.79. The van der Waals surface area contributed by atoms with Gasteiger partial charge in [-0.15, -0.1) is 10.2 Å². The average Bonchev–Trinajstić information content (AvgIpc) is 3.15. The Labute approximate surface area is 169 Å². The summed E-state index contributed by atoms with van der Waals surface area (Å²) in [4.78, 5) is 14.3. The molecule has 1 amide bonds. The average molecular weight is 399 g/mol. The van der Waals surface area contributed by atoms with Gasteiger partial charge < -0.3 is 9.73 Å². The molecule has 28 heavy (non-hydrogen) atoms. The molecule has 3 aromatic rings. The van der Waals surface area contributed by atoms with E-state index in [1.54, 1.807) is 12.1 Å². The van der Waals surface area contributed by atoms with E-state index >= 15 is 0 Å². The van der Waals surface area contributed by atoms with E-state index in [1.807, 2.05) is 63.1 Å². The highest BCUT2D eigenvalue weighted by Crippen LogP contribution is 2.25. The molecule has 3 rings (SSSR count). The van der Waals surface area contributed by atoms with Crippen LogP contribution in [0, 0.1) is 13.8 Å². The first-order valence-corrected chi connectivity index (χ1v) is 9.38. The van der Waals surface area contributed by atoms with Gasteiger partial charge in [-0.05, 0) is 63.2 Å². The van der Waals surface area contributed by atoms with Gasteiger partial charge >= 0.3 is 0 Å². The van der Waals surface area contributed by atoms with Crippen molar-refractivity contribution < 1.29 is 9.21 Å². The molecule has 0 fully saturated rings. The van der Waals surface area contributed by atoms with E-state index in [0.29, 0.717) is 16.8 Å². The molecule has 0 bridgehead atoms. The lowest BCUT2D eigenvalue weighted by Crippen LogP contribution is -2.32. The number of amides is 1. The second-order valence-electron chi connectivity index (χ2n) is 6.84. The van der Waals surface area contributed by atoms with Crippen LogP contribution < -0.4 is 5.32 Å². The number of benzene rings is 2. The normalized spacial score (nSPS) is 12.2. The van der Waals surface area contributed by atoms with Crippen LogP contribution in [-0.4, -0.2) is 34.6 Å². The van der Waals surface area contributed by atoms with Gasteiger partial charge in [0.25, 0.3) is 0 Å². The Morgan fingerprint density at radius 2 is 1.96 bits per heavy atom. The number of likely N-dealkylation sites (N-methyl/N-ethyl adjacent to an activating group) is 1. The SMILES string of the molecule is Cc1cccc(NC(=O)CN(C)[C@H](C)c2nnc(-c3cccc(Cl)c3)o2)c1C. The third kappa shape index (κ3) is 4.58. The molecule has 0 saturated carbocycles. The van der Waals surface area contributed by atoms with E-state index in [0.717, 1.165) is 22.4 Å². The van der Waals surface area contributed by atoms with Crippen LogP contribution in [0.5, 0.6) is 0 Å². The second-order valence-corrected chi connectivity index (χ2v) is 7.28. The van der Waals surface area contributed by atoms with E-state index in [-0.39, 0.29) is 18.5 Å². The molecule has 1 aromatic heterocycles. The van der Waals surface area contributed by atoms with Crippen LogP contribution in [0.4, 0.5) is 5.69 Å². The van der Waals surface area contributed by atoms with Crippen molar-refractivity contribution in [1.82, 2.24) is 15.1 Å². The Kier molecular flexibility index (Phi) is 6.11. The summed E-state index contributed by atoms with van der Waals surface area (Å²) in [6, 6.07) is 12.9. The van der Waals surface area contributed by atoms with Crippen LogP contribution >= 0.6 is 11.6 Å². The highest BCUT2D eigenvalue weighted by Gasteiger charge is 2.21. The minimum atomic E-state index is -0.218. The number of halogens is 1. The number of rotatable bonds is 6. The van der Waals surface area contributed by atoms with Crippen molar-refractivity contribution in [3.63, 3.8) is 0 Å². The van der Waals surface area contributed by atoms with Crippen LogP contribution in [0.15, 0.2) is 46.9 Å². The first-order valence-electron chi connectivity index (χ1n) is 9.01. The van der Waals surface area contributed by atoms with Crippen molar-refractivity contribution in [3.8, 4) is 11.5 Å². The Morgan fingerprint density at radius 3 is 2.71 bits per heavy atom. The number of aryl methyl sites for hydroxylation is 1. The fourth-order valence-electron chi connectivity index (χ4n) is 2.77. The molecular formula is C21H23ClN4O2. The molecule has 7 heteroatoms. The molecule has 0 aliphatic rings. The highest BCUT2D eigenvalue weighted by molar-refractivity contribution is 6.30. The molecule has 1 atom stereocenters. The third-order valence-electron chi connectivity index (χ3n) is 4.80. The summed E-state index contributed by atoms with van der Waals surface area (Å²) >= 11 is 6.02. The van der Waals surface area contributed by atoms with Crippen molar-refractivity contribution in [2.45, 2.75) is 26.8 Å². The summed E-state index contributed by atoms with van der Waals surface area (Å²) < 4.78 is 5.79. The Balaban J connectivity index is 1.65. The van der Waals surface area contributed by atoms with E-state index in [4.69, 9.17) is 16.0 Å². The monoisotopic (exact) mass is 398 g/mol. The fourth-order valence-corrected chi connectivity index (χ4v) is 2.96. The van der Waals surface area contributed by atoms with Gasteiger partial charge in [0.2, 0.25) is 17.7 Å². The van der Waals surface area contributed by atoms with Gasteiger partial charge in [0, 0.05) is 16.3 Å². The van der Waals surface area contributed by atoms with Gasteiger partial charge in [-0.25, -0.2) is 0 Å². The lowest BCUT2D eigenvalue weighted by Gasteiger charge is -2.21. The number of hydrogen-bond acceptors (Lipinski definition) is 5. The zero-order valence-corrected chi connectivity index (χ0v) is 17.1. The third-order valence-corrected chi connectivity index (χ3v) is 5.04. The zero-order chi connectivity index (χ0) is 20.3. The highest BCUT2D eigenvalue weighted by atomic mass is 35.5. The summed E-state index contributed by atoms with van der Waals surface area (Å²) in [6.45, 7) is 6.13. The van der Waals surface area contributed by atoms with E-state index in [2.05, 4.69) is 15.5 Å². The number of carbonyl (C=O) groups excluding carboxylic acids is 1. The Hall–Kier alpha value is -2.70. The summed E-state index contributed by atoms with van der Waals surface area (Å²) in [6.07, 6.45) is 0. The van der Waals surface area contributed by atoms with Crippen LogP contribution in [0.2, 0.25) is 5.02 Å². The van der Waals surface area contributed by atoms with Gasteiger partial charge in [0.1, 0.15) is 0 Å². The second kappa shape index (κ2) is 8.54. The predicted octanol–water partition coefficient (Wildman–Crippen LogP) is 4.64. The first-order chi connectivity index (χ1) is 13.3. The number of anilines is 1. The minimum absolute atomic E-state index is 0.0994. The van der Waals surface area contributed by atoms with Crippen molar-refractivity contribution in [2.75, 3.05) is 18.9 Å². The molecule has 1 heterocycles. The number of carbonyl (C=O) groups is 1.